The third-order valence-electron chi connectivity index (χ3n) is 3.77. The van der Waals surface area contributed by atoms with Crippen LogP contribution in [-0.4, -0.2) is 0 Å². The quantitative estimate of drug-likeness (QED) is 0.449. The zero-order valence-corrected chi connectivity index (χ0v) is 6.98. The molecular weight excluding hydrogens is 120 g/mol. The molecule has 2 fully saturated rings. The van der Waals surface area contributed by atoms with Crippen molar-refractivity contribution in [3.63, 3.8) is 0 Å². The fourth-order valence-corrected chi connectivity index (χ4v) is 2.74. The summed E-state index contributed by atoms with van der Waals surface area (Å²) in [5.74, 6) is 1.85. The molecule has 56 valence electrons. The SMILES string of the molecule is C=C1C2CC[C@H](C2)C1(C)C. The molecule has 0 radical (unpaired) electrons. The van der Waals surface area contributed by atoms with Crippen molar-refractivity contribution in [2.45, 2.75) is 33.1 Å². The van der Waals surface area contributed by atoms with Gasteiger partial charge in [-0.25, -0.2) is 0 Å². The predicted octanol–water partition coefficient (Wildman–Crippen LogP) is 3.00. The number of hydrogen-bond donors (Lipinski definition) is 0. The van der Waals surface area contributed by atoms with Gasteiger partial charge in [0.2, 0.25) is 0 Å². The molecular formula is C10H16. The van der Waals surface area contributed by atoms with E-state index < -0.39 is 0 Å². The molecule has 0 aromatic rings. The minimum atomic E-state index is 0.475. The Labute approximate surface area is 63.3 Å². The average Bonchev–Trinajstić information content (AvgIpc) is 2.37. The van der Waals surface area contributed by atoms with Crippen LogP contribution in [0.1, 0.15) is 33.1 Å². The lowest BCUT2D eigenvalue weighted by Crippen LogP contribution is -2.21. The standard InChI is InChI=1S/C10H16/c1-7-8-4-5-9(6-8)10(7,2)3/h8-9H,1,4-6H2,2-3H3/t8?,9-/m1/s1. The van der Waals surface area contributed by atoms with Crippen molar-refractivity contribution >= 4 is 0 Å². The summed E-state index contributed by atoms with van der Waals surface area (Å²) in [6.07, 6.45) is 4.31. The number of fused-ring (bicyclic) bond motifs is 2. The van der Waals surface area contributed by atoms with Gasteiger partial charge in [0.25, 0.3) is 0 Å². The van der Waals surface area contributed by atoms with Crippen LogP contribution < -0.4 is 0 Å². The van der Waals surface area contributed by atoms with Crippen molar-refractivity contribution in [2.75, 3.05) is 0 Å². The Hall–Kier alpha value is -0.260. The number of allylic oxidation sites excluding steroid dienone is 1. The molecule has 0 heteroatoms. The van der Waals surface area contributed by atoms with Gasteiger partial charge in [0.05, 0.1) is 0 Å². The first-order valence-corrected chi connectivity index (χ1v) is 4.31. The summed E-state index contributed by atoms with van der Waals surface area (Å²) in [4.78, 5) is 0. The first-order valence-electron chi connectivity index (χ1n) is 4.31. The van der Waals surface area contributed by atoms with Crippen LogP contribution in [0, 0.1) is 17.3 Å². The lowest BCUT2D eigenvalue weighted by atomic mass is 9.73. The van der Waals surface area contributed by atoms with Crippen LogP contribution >= 0.6 is 0 Å². The summed E-state index contributed by atoms with van der Waals surface area (Å²) < 4.78 is 0. The summed E-state index contributed by atoms with van der Waals surface area (Å²) in [7, 11) is 0. The van der Waals surface area contributed by atoms with E-state index >= 15 is 0 Å². The van der Waals surface area contributed by atoms with E-state index in [1.807, 2.05) is 0 Å². The van der Waals surface area contributed by atoms with E-state index in [4.69, 9.17) is 0 Å². The Morgan fingerprint density at radius 1 is 1.40 bits per heavy atom. The lowest BCUT2D eigenvalue weighted by Gasteiger charge is -2.31. The van der Waals surface area contributed by atoms with Crippen LogP contribution in [0.3, 0.4) is 0 Å². The van der Waals surface area contributed by atoms with E-state index in [9.17, 15) is 0 Å². The van der Waals surface area contributed by atoms with Gasteiger partial charge in [-0.3, -0.25) is 0 Å². The zero-order chi connectivity index (χ0) is 7.35. The minimum Gasteiger partial charge on any atom is -0.0990 e. The van der Waals surface area contributed by atoms with Crippen LogP contribution in [0.2, 0.25) is 0 Å². The average molecular weight is 136 g/mol. The Kier molecular flexibility index (Phi) is 1.07. The minimum absolute atomic E-state index is 0.475. The molecule has 2 bridgehead atoms. The molecule has 2 aliphatic carbocycles. The molecule has 0 aromatic heterocycles. The normalized spacial score (nSPS) is 42.8. The van der Waals surface area contributed by atoms with E-state index in [-0.39, 0.29) is 0 Å². The Morgan fingerprint density at radius 3 is 2.40 bits per heavy atom. The smallest absolute Gasteiger partial charge is 0.0116 e. The summed E-state index contributed by atoms with van der Waals surface area (Å²) in [6, 6.07) is 0. The molecule has 2 saturated carbocycles. The van der Waals surface area contributed by atoms with Crippen molar-refractivity contribution < 1.29 is 0 Å². The molecule has 0 N–H and O–H groups in total. The monoisotopic (exact) mass is 136 g/mol. The van der Waals surface area contributed by atoms with Gasteiger partial charge in [-0.2, -0.15) is 0 Å². The van der Waals surface area contributed by atoms with Gasteiger partial charge in [0.15, 0.2) is 0 Å². The summed E-state index contributed by atoms with van der Waals surface area (Å²) in [6.45, 7) is 8.91. The van der Waals surface area contributed by atoms with E-state index in [1.165, 1.54) is 24.8 Å². The third kappa shape index (κ3) is 0.574. The van der Waals surface area contributed by atoms with E-state index in [0.29, 0.717) is 5.41 Å². The maximum atomic E-state index is 4.19. The van der Waals surface area contributed by atoms with Crippen LogP contribution in [0.4, 0.5) is 0 Å². The Balaban J connectivity index is 2.34. The van der Waals surface area contributed by atoms with Crippen molar-refractivity contribution in [1.82, 2.24) is 0 Å². The molecule has 0 heterocycles. The number of rotatable bonds is 0. The first kappa shape index (κ1) is 6.45. The second kappa shape index (κ2) is 1.66. The van der Waals surface area contributed by atoms with Gasteiger partial charge in [-0.1, -0.05) is 26.0 Å². The highest BCUT2D eigenvalue weighted by Gasteiger charge is 2.47. The van der Waals surface area contributed by atoms with Crippen molar-refractivity contribution in [1.29, 1.82) is 0 Å². The maximum absolute atomic E-state index is 4.19. The van der Waals surface area contributed by atoms with Crippen molar-refractivity contribution in [2.24, 2.45) is 17.3 Å². The second-order valence-corrected chi connectivity index (χ2v) is 4.45. The van der Waals surface area contributed by atoms with Gasteiger partial charge in [-0.05, 0) is 36.5 Å². The Bertz CT molecular complexity index is 176. The molecule has 0 spiro atoms. The zero-order valence-electron chi connectivity index (χ0n) is 6.98. The molecule has 0 saturated heterocycles. The third-order valence-corrected chi connectivity index (χ3v) is 3.77. The molecule has 0 nitrogen and oxygen atoms in total. The fraction of sp³-hybridized carbons (Fsp3) is 0.800. The van der Waals surface area contributed by atoms with Crippen LogP contribution in [-0.2, 0) is 0 Å². The van der Waals surface area contributed by atoms with E-state index in [2.05, 4.69) is 20.4 Å². The molecule has 2 atom stereocenters. The highest BCUT2D eigenvalue weighted by atomic mass is 14.5. The summed E-state index contributed by atoms with van der Waals surface area (Å²) in [5, 5.41) is 0. The highest BCUT2D eigenvalue weighted by Crippen LogP contribution is 2.58. The van der Waals surface area contributed by atoms with Crippen LogP contribution in [0.25, 0.3) is 0 Å². The van der Waals surface area contributed by atoms with Gasteiger partial charge in [0, 0.05) is 0 Å². The molecule has 0 aromatic carbocycles. The highest BCUT2D eigenvalue weighted by molar-refractivity contribution is 5.22. The van der Waals surface area contributed by atoms with Crippen LogP contribution in [0.5, 0.6) is 0 Å². The number of hydrogen-bond acceptors (Lipinski definition) is 0. The lowest BCUT2D eigenvalue weighted by molar-refractivity contribution is 0.289. The fourth-order valence-electron chi connectivity index (χ4n) is 2.74. The molecule has 10 heavy (non-hydrogen) atoms. The van der Waals surface area contributed by atoms with Crippen molar-refractivity contribution in [3.05, 3.63) is 12.2 Å². The topological polar surface area (TPSA) is 0 Å². The van der Waals surface area contributed by atoms with E-state index in [0.717, 1.165) is 11.8 Å². The molecule has 0 aliphatic heterocycles. The van der Waals surface area contributed by atoms with Crippen molar-refractivity contribution in [3.8, 4) is 0 Å². The van der Waals surface area contributed by atoms with Gasteiger partial charge in [-0.15, -0.1) is 0 Å². The second-order valence-electron chi connectivity index (χ2n) is 4.45. The Morgan fingerprint density at radius 2 is 2.10 bits per heavy atom. The molecule has 2 aliphatic rings. The molecule has 1 unspecified atom stereocenters. The predicted molar refractivity (Wildman–Crippen MR) is 43.8 cm³/mol. The molecule has 2 rings (SSSR count). The summed E-state index contributed by atoms with van der Waals surface area (Å²) >= 11 is 0. The molecule has 0 amide bonds. The van der Waals surface area contributed by atoms with Gasteiger partial charge < -0.3 is 0 Å². The van der Waals surface area contributed by atoms with Crippen LogP contribution in [0.15, 0.2) is 12.2 Å². The van der Waals surface area contributed by atoms with Gasteiger partial charge >= 0.3 is 0 Å². The largest absolute Gasteiger partial charge is 0.0990 e. The summed E-state index contributed by atoms with van der Waals surface area (Å²) in [5.41, 5.74) is 2.01. The van der Waals surface area contributed by atoms with Gasteiger partial charge in [0.1, 0.15) is 0 Å². The van der Waals surface area contributed by atoms with E-state index in [1.54, 1.807) is 0 Å². The first-order chi connectivity index (χ1) is 4.62. The maximum Gasteiger partial charge on any atom is -0.0116 e.